The summed E-state index contributed by atoms with van der Waals surface area (Å²) in [5, 5.41) is 0. The molecule has 0 amide bonds. The number of aromatic nitrogens is 3. The molecule has 3 heterocycles. The number of aromatic amines is 1. The van der Waals surface area contributed by atoms with Gasteiger partial charge in [0, 0.05) is 48.3 Å². The number of imidazole rings is 1. The number of rotatable bonds is 7. The number of para-hydroxylation sites is 1. The number of allylic oxidation sites excluding steroid dienone is 1. The Labute approximate surface area is 184 Å². The molecule has 0 fully saturated rings. The molecule has 0 saturated carbocycles. The lowest BCUT2D eigenvalue weighted by Crippen LogP contribution is -2.07. The van der Waals surface area contributed by atoms with Crippen LogP contribution in [0.2, 0.25) is 0 Å². The quantitative estimate of drug-likeness (QED) is 0.427. The van der Waals surface area contributed by atoms with Gasteiger partial charge in [0.15, 0.2) is 11.6 Å². The highest BCUT2D eigenvalue weighted by molar-refractivity contribution is 6.15. The summed E-state index contributed by atoms with van der Waals surface area (Å²) in [6.07, 6.45) is 8.30. The molecule has 6 heteroatoms. The molecule has 0 radical (unpaired) electrons. The molecule has 4 aromatic rings. The number of hydrogen-bond donors (Lipinski definition) is 1. The zero-order valence-electron chi connectivity index (χ0n) is 17.3. The summed E-state index contributed by atoms with van der Waals surface area (Å²) in [6, 6.07) is 16.8. The molecule has 1 N–H and O–H groups in total. The molecule has 2 aromatic carbocycles. The molecule has 32 heavy (non-hydrogen) atoms. The Morgan fingerprint density at radius 1 is 0.906 bits per heavy atom. The summed E-state index contributed by atoms with van der Waals surface area (Å²) in [4.78, 5) is 41.7. The highest BCUT2D eigenvalue weighted by atomic mass is 16.1. The first-order chi connectivity index (χ1) is 15.7. The maximum atomic E-state index is 12.8. The van der Waals surface area contributed by atoms with Crippen molar-refractivity contribution in [1.29, 1.82) is 0 Å². The van der Waals surface area contributed by atoms with Gasteiger partial charge in [-0.25, -0.2) is 4.98 Å². The van der Waals surface area contributed by atoms with E-state index in [2.05, 4.69) is 19.9 Å². The smallest absolute Gasteiger partial charge is 0.170 e. The van der Waals surface area contributed by atoms with Crippen LogP contribution in [-0.2, 0) is 6.42 Å². The van der Waals surface area contributed by atoms with E-state index >= 15 is 0 Å². The van der Waals surface area contributed by atoms with E-state index in [1.807, 2.05) is 54.6 Å². The molecule has 156 valence electrons. The van der Waals surface area contributed by atoms with Gasteiger partial charge in [0.05, 0.1) is 17.5 Å². The van der Waals surface area contributed by atoms with E-state index in [0.717, 1.165) is 22.4 Å². The first-order valence-electron chi connectivity index (χ1n) is 10.4. The lowest BCUT2D eigenvalue weighted by atomic mass is 10.0. The van der Waals surface area contributed by atoms with E-state index in [0.29, 0.717) is 28.9 Å². The van der Waals surface area contributed by atoms with Gasteiger partial charge >= 0.3 is 0 Å². The van der Waals surface area contributed by atoms with Crippen LogP contribution in [0.3, 0.4) is 0 Å². The first kappa shape index (κ1) is 19.8. The van der Waals surface area contributed by atoms with E-state index in [4.69, 9.17) is 0 Å². The van der Waals surface area contributed by atoms with Gasteiger partial charge in [0.2, 0.25) is 0 Å². The van der Waals surface area contributed by atoms with Crippen molar-refractivity contribution in [3.63, 3.8) is 0 Å². The average molecular weight is 420 g/mol. The highest BCUT2D eigenvalue weighted by Crippen LogP contribution is 2.22. The normalized spacial score (nSPS) is 12.8. The number of hydrogen-bond acceptors (Lipinski definition) is 5. The second-order valence-electron chi connectivity index (χ2n) is 7.69. The van der Waals surface area contributed by atoms with E-state index in [1.165, 1.54) is 0 Å². The Morgan fingerprint density at radius 2 is 1.78 bits per heavy atom. The molecule has 6 nitrogen and oxygen atoms in total. The number of nitrogens with one attached hydrogen (secondary N) is 1. The van der Waals surface area contributed by atoms with E-state index in [9.17, 15) is 9.59 Å². The summed E-state index contributed by atoms with van der Waals surface area (Å²) >= 11 is 0. The largest absolute Gasteiger partial charge is 0.342 e. The molecule has 0 atom stereocenters. The minimum absolute atomic E-state index is 0.0200. The predicted molar refractivity (Wildman–Crippen MR) is 124 cm³/mol. The summed E-state index contributed by atoms with van der Waals surface area (Å²) in [5.74, 6) is 0.482. The predicted octanol–water partition coefficient (Wildman–Crippen LogP) is 4.98. The minimum atomic E-state index is -0.0407. The SMILES string of the molecule is O=C(Cc1nc2c(C(=O)CC3=NC=CC3)cccc2[nH]1)c1ccc(-c2cccnc2)cc1. The number of H-pyrrole nitrogens is 1. The van der Waals surface area contributed by atoms with Crippen molar-refractivity contribution in [2.75, 3.05) is 0 Å². The van der Waals surface area contributed by atoms with Crippen LogP contribution < -0.4 is 0 Å². The number of carbonyl (C=O) groups is 2. The first-order valence-corrected chi connectivity index (χ1v) is 10.4. The van der Waals surface area contributed by atoms with Gasteiger partial charge in [-0.1, -0.05) is 42.5 Å². The maximum Gasteiger partial charge on any atom is 0.170 e. The third-order valence-electron chi connectivity index (χ3n) is 5.47. The monoisotopic (exact) mass is 420 g/mol. The Bertz CT molecular complexity index is 1370. The number of nitrogens with zero attached hydrogens (tertiary/aromatic N) is 3. The van der Waals surface area contributed by atoms with Crippen molar-refractivity contribution < 1.29 is 9.59 Å². The molecular formula is C26H20N4O2. The standard InChI is InChI=1S/C26H20N4O2/c31-23(18-10-8-17(9-11-18)19-4-2-12-27-16-19)15-25-29-22-7-1-6-21(26(22)30-25)24(32)14-20-5-3-13-28-20/h1-4,6-13,16H,5,14-15H2,(H,29,30). The fourth-order valence-corrected chi connectivity index (χ4v) is 3.83. The zero-order valence-corrected chi connectivity index (χ0v) is 17.3. The summed E-state index contributed by atoms with van der Waals surface area (Å²) in [7, 11) is 0. The molecule has 1 aliphatic rings. The number of pyridine rings is 1. The van der Waals surface area contributed by atoms with Gasteiger partial charge in [-0.3, -0.25) is 19.6 Å². The Morgan fingerprint density at radius 3 is 2.53 bits per heavy atom. The van der Waals surface area contributed by atoms with Crippen LogP contribution in [0.15, 0.2) is 84.3 Å². The highest BCUT2D eigenvalue weighted by Gasteiger charge is 2.17. The van der Waals surface area contributed by atoms with Crippen molar-refractivity contribution in [3.8, 4) is 11.1 Å². The van der Waals surface area contributed by atoms with Crippen LogP contribution in [0.5, 0.6) is 0 Å². The van der Waals surface area contributed by atoms with Crippen molar-refractivity contribution in [1.82, 2.24) is 15.0 Å². The van der Waals surface area contributed by atoms with Gasteiger partial charge in [0.1, 0.15) is 5.82 Å². The molecule has 5 rings (SSSR count). The molecule has 2 aromatic heterocycles. The molecule has 0 unspecified atom stereocenters. The van der Waals surface area contributed by atoms with Crippen LogP contribution >= 0.6 is 0 Å². The molecule has 0 spiro atoms. The fourth-order valence-electron chi connectivity index (χ4n) is 3.83. The van der Waals surface area contributed by atoms with E-state index < -0.39 is 0 Å². The van der Waals surface area contributed by atoms with Crippen LogP contribution in [0, 0.1) is 0 Å². The van der Waals surface area contributed by atoms with Crippen LogP contribution in [0.1, 0.15) is 39.4 Å². The third-order valence-corrected chi connectivity index (χ3v) is 5.47. The van der Waals surface area contributed by atoms with Crippen molar-refractivity contribution in [3.05, 3.63) is 96.2 Å². The third kappa shape index (κ3) is 4.03. The molecule has 0 aliphatic carbocycles. The zero-order chi connectivity index (χ0) is 21.9. The number of carbonyl (C=O) groups excluding carboxylic acids is 2. The fraction of sp³-hybridized carbons (Fsp3) is 0.115. The number of ketones is 2. The van der Waals surface area contributed by atoms with Gasteiger partial charge in [-0.15, -0.1) is 0 Å². The molecule has 0 bridgehead atoms. The number of benzene rings is 2. The lowest BCUT2D eigenvalue weighted by molar-refractivity contribution is 0.0987. The second-order valence-corrected chi connectivity index (χ2v) is 7.69. The van der Waals surface area contributed by atoms with Crippen molar-refractivity contribution in [2.24, 2.45) is 4.99 Å². The van der Waals surface area contributed by atoms with E-state index in [-0.39, 0.29) is 24.4 Å². The maximum absolute atomic E-state index is 12.8. The Kier molecular flexibility index (Phi) is 5.25. The molecule has 1 aliphatic heterocycles. The lowest BCUT2D eigenvalue weighted by Gasteiger charge is -2.03. The topological polar surface area (TPSA) is 88.1 Å². The van der Waals surface area contributed by atoms with Crippen LogP contribution in [-0.4, -0.2) is 32.2 Å². The number of fused-ring (bicyclic) bond motifs is 1. The van der Waals surface area contributed by atoms with Crippen LogP contribution in [0.25, 0.3) is 22.2 Å². The van der Waals surface area contributed by atoms with Gasteiger partial charge in [-0.05, 0) is 29.3 Å². The Hall–Kier alpha value is -4.19. The van der Waals surface area contributed by atoms with E-state index in [1.54, 1.807) is 24.7 Å². The summed E-state index contributed by atoms with van der Waals surface area (Å²) in [6.45, 7) is 0. The number of Topliss-reactive ketones (excluding diaryl/α,β-unsaturated/α-hetero) is 2. The van der Waals surface area contributed by atoms with Crippen molar-refractivity contribution in [2.45, 2.75) is 19.3 Å². The second kappa shape index (κ2) is 8.51. The van der Waals surface area contributed by atoms with Crippen LogP contribution in [0.4, 0.5) is 0 Å². The van der Waals surface area contributed by atoms with Gasteiger partial charge < -0.3 is 4.98 Å². The Balaban J connectivity index is 1.34. The molecule has 0 saturated heterocycles. The summed E-state index contributed by atoms with van der Waals surface area (Å²) < 4.78 is 0. The minimum Gasteiger partial charge on any atom is -0.342 e. The van der Waals surface area contributed by atoms with Gasteiger partial charge in [0.25, 0.3) is 0 Å². The number of aliphatic imine (C=N–C) groups is 1. The van der Waals surface area contributed by atoms with Crippen molar-refractivity contribution >= 4 is 28.3 Å². The van der Waals surface area contributed by atoms with Gasteiger partial charge in [-0.2, -0.15) is 0 Å². The summed E-state index contributed by atoms with van der Waals surface area (Å²) in [5.41, 5.74) is 5.36. The average Bonchev–Trinajstić information content (AvgIpc) is 3.48. The molecular weight excluding hydrogens is 400 g/mol.